The summed E-state index contributed by atoms with van der Waals surface area (Å²) in [5, 5.41) is 11.6. The Hall–Kier alpha value is -1.59. The van der Waals surface area contributed by atoms with Gasteiger partial charge < -0.3 is 20.6 Å². The Labute approximate surface area is 127 Å². The highest BCUT2D eigenvalue weighted by atomic mass is 16.5. The summed E-state index contributed by atoms with van der Waals surface area (Å²) < 4.78 is 5.13. The van der Waals surface area contributed by atoms with Crippen LogP contribution in [-0.4, -0.2) is 49.3 Å². The number of amidine groups is 1. The van der Waals surface area contributed by atoms with Crippen molar-refractivity contribution in [1.29, 1.82) is 0 Å². The number of hydrogen-bond acceptors (Lipinski definition) is 4. The van der Waals surface area contributed by atoms with Gasteiger partial charge in [-0.1, -0.05) is 35.5 Å². The summed E-state index contributed by atoms with van der Waals surface area (Å²) in [6, 6.07) is 10.5. The number of methoxy groups -OCH3 is 1. The molecule has 21 heavy (non-hydrogen) atoms. The summed E-state index contributed by atoms with van der Waals surface area (Å²) in [5.74, 6) is 0.279. The van der Waals surface area contributed by atoms with E-state index in [0.717, 1.165) is 38.9 Å². The fraction of sp³-hybridized carbons (Fsp3) is 0.562. The van der Waals surface area contributed by atoms with E-state index in [9.17, 15) is 0 Å². The van der Waals surface area contributed by atoms with Crippen molar-refractivity contribution in [3.63, 3.8) is 0 Å². The van der Waals surface area contributed by atoms with Crippen LogP contribution in [0.15, 0.2) is 35.5 Å². The molecule has 1 aromatic carbocycles. The van der Waals surface area contributed by atoms with Crippen LogP contribution < -0.4 is 5.73 Å². The van der Waals surface area contributed by atoms with Crippen molar-refractivity contribution in [3.05, 3.63) is 35.9 Å². The molecule has 0 heterocycles. The molecule has 5 heteroatoms. The third-order valence-corrected chi connectivity index (χ3v) is 3.46. The molecule has 0 aliphatic carbocycles. The van der Waals surface area contributed by atoms with E-state index in [4.69, 9.17) is 15.7 Å². The maximum atomic E-state index is 8.58. The van der Waals surface area contributed by atoms with E-state index in [-0.39, 0.29) is 5.84 Å². The van der Waals surface area contributed by atoms with Crippen LogP contribution in [0.2, 0.25) is 0 Å². The maximum Gasteiger partial charge on any atom is 0.140 e. The van der Waals surface area contributed by atoms with Gasteiger partial charge in [0.25, 0.3) is 0 Å². The van der Waals surface area contributed by atoms with Crippen LogP contribution in [0.25, 0.3) is 0 Å². The third-order valence-electron chi connectivity index (χ3n) is 3.46. The SMILES string of the molecule is COCCN(CCCCc1ccccc1)CC/C(N)=N/O. The topological polar surface area (TPSA) is 71.1 Å². The van der Waals surface area contributed by atoms with Gasteiger partial charge in [-0.25, -0.2) is 0 Å². The number of aryl methyl sites for hydroxylation is 1. The molecule has 0 aromatic heterocycles. The number of oxime groups is 1. The summed E-state index contributed by atoms with van der Waals surface area (Å²) in [6.45, 7) is 3.38. The number of rotatable bonds is 11. The fourth-order valence-electron chi connectivity index (χ4n) is 2.19. The Kier molecular flexibility index (Phi) is 9.24. The van der Waals surface area contributed by atoms with Crippen molar-refractivity contribution in [1.82, 2.24) is 4.90 Å². The first-order valence-corrected chi connectivity index (χ1v) is 7.48. The zero-order valence-electron chi connectivity index (χ0n) is 12.9. The van der Waals surface area contributed by atoms with Crippen LogP contribution in [0.1, 0.15) is 24.8 Å². The van der Waals surface area contributed by atoms with Crippen molar-refractivity contribution >= 4 is 5.84 Å². The van der Waals surface area contributed by atoms with E-state index in [1.54, 1.807) is 7.11 Å². The molecule has 0 fully saturated rings. The summed E-state index contributed by atoms with van der Waals surface area (Å²) in [6.07, 6.45) is 3.99. The highest BCUT2D eigenvalue weighted by Gasteiger charge is 2.06. The molecule has 0 unspecified atom stereocenters. The van der Waals surface area contributed by atoms with Crippen molar-refractivity contribution < 1.29 is 9.94 Å². The summed E-state index contributed by atoms with van der Waals surface area (Å²) in [4.78, 5) is 2.30. The smallest absolute Gasteiger partial charge is 0.140 e. The quantitative estimate of drug-likeness (QED) is 0.215. The molecular weight excluding hydrogens is 266 g/mol. The molecule has 0 saturated heterocycles. The van der Waals surface area contributed by atoms with E-state index in [2.05, 4.69) is 34.3 Å². The molecule has 0 amide bonds. The van der Waals surface area contributed by atoms with Crippen LogP contribution in [-0.2, 0) is 11.2 Å². The Balaban J connectivity index is 2.24. The van der Waals surface area contributed by atoms with Crippen LogP contribution in [0, 0.1) is 0 Å². The average molecular weight is 293 g/mol. The minimum atomic E-state index is 0.279. The number of ether oxygens (including phenoxy) is 1. The van der Waals surface area contributed by atoms with Crippen molar-refractivity contribution in [3.8, 4) is 0 Å². The first-order chi connectivity index (χ1) is 10.3. The lowest BCUT2D eigenvalue weighted by Gasteiger charge is -2.21. The third kappa shape index (κ3) is 8.32. The summed E-state index contributed by atoms with van der Waals surface area (Å²) in [7, 11) is 1.71. The average Bonchev–Trinajstić information content (AvgIpc) is 2.53. The van der Waals surface area contributed by atoms with Gasteiger partial charge in [0.2, 0.25) is 0 Å². The molecule has 0 saturated carbocycles. The lowest BCUT2D eigenvalue weighted by atomic mass is 10.1. The van der Waals surface area contributed by atoms with Crippen molar-refractivity contribution in [2.75, 3.05) is 33.4 Å². The monoisotopic (exact) mass is 293 g/mol. The summed E-state index contributed by atoms with van der Waals surface area (Å²) >= 11 is 0. The number of nitrogens with zero attached hydrogens (tertiary/aromatic N) is 2. The molecule has 0 radical (unpaired) electrons. The molecule has 5 nitrogen and oxygen atoms in total. The van der Waals surface area contributed by atoms with Gasteiger partial charge in [0, 0.05) is 26.6 Å². The predicted octanol–water partition coefficient (Wildman–Crippen LogP) is 2.09. The molecule has 118 valence electrons. The number of nitrogens with two attached hydrogens (primary N) is 1. The number of hydrogen-bond donors (Lipinski definition) is 2. The lowest BCUT2D eigenvalue weighted by Crippen LogP contribution is -2.32. The van der Waals surface area contributed by atoms with Gasteiger partial charge in [0.15, 0.2) is 0 Å². The maximum absolute atomic E-state index is 8.58. The standard InChI is InChI=1S/C16H27N3O2/c1-21-14-13-19(12-10-16(17)18-20)11-6-5-9-15-7-3-2-4-8-15/h2-4,7-8,20H,5-6,9-14H2,1H3,(H2,17,18). The van der Waals surface area contributed by atoms with Crippen LogP contribution in [0.4, 0.5) is 0 Å². The predicted molar refractivity (Wildman–Crippen MR) is 85.7 cm³/mol. The Morgan fingerprint density at radius 2 is 1.95 bits per heavy atom. The van der Waals surface area contributed by atoms with E-state index >= 15 is 0 Å². The molecule has 0 bridgehead atoms. The minimum absolute atomic E-state index is 0.279. The minimum Gasteiger partial charge on any atom is -0.409 e. The second-order valence-electron chi connectivity index (χ2n) is 5.12. The van der Waals surface area contributed by atoms with Gasteiger partial charge in [-0.2, -0.15) is 0 Å². The van der Waals surface area contributed by atoms with Crippen LogP contribution >= 0.6 is 0 Å². The molecule has 0 spiro atoms. The molecule has 1 aromatic rings. The molecular formula is C16H27N3O2. The van der Waals surface area contributed by atoms with Gasteiger partial charge in [0.1, 0.15) is 5.84 Å². The van der Waals surface area contributed by atoms with E-state index in [1.165, 1.54) is 5.56 Å². The van der Waals surface area contributed by atoms with Crippen LogP contribution in [0.3, 0.4) is 0 Å². The normalized spacial score (nSPS) is 12.0. The van der Waals surface area contributed by atoms with Gasteiger partial charge in [0.05, 0.1) is 6.61 Å². The lowest BCUT2D eigenvalue weighted by molar-refractivity contribution is 0.148. The number of unbranched alkanes of at least 4 members (excludes halogenated alkanes) is 1. The van der Waals surface area contributed by atoms with E-state index in [1.807, 2.05) is 6.07 Å². The highest BCUT2D eigenvalue weighted by Crippen LogP contribution is 2.05. The molecule has 0 aliphatic rings. The van der Waals surface area contributed by atoms with Gasteiger partial charge in [-0.15, -0.1) is 0 Å². The van der Waals surface area contributed by atoms with Gasteiger partial charge >= 0.3 is 0 Å². The van der Waals surface area contributed by atoms with E-state index in [0.29, 0.717) is 13.0 Å². The second-order valence-corrected chi connectivity index (χ2v) is 5.12. The highest BCUT2D eigenvalue weighted by molar-refractivity contribution is 5.79. The second kappa shape index (κ2) is 11.1. The first kappa shape index (κ1) is 17.5. The van der Waals surface area contributed by atoms with Crippen LogP contribution in [0.5, 0.6) is 0 Å². The Morgan fingerprint density at radius 3 is 2.62 bits per heavy atom. The Morgan fingerprint density at radius 1 is 1.19 bits per heavy atom. The van der Waals surface area contributed by atoms with Gasteiger partial charge in [-0.05, 0) is 31.4 Å². The molecule has 1 rings (SSSR count). The Bertz CT molecular complexity index is 396. The molecule has 0 atom stereocenters. The van der Waals surface area contributed by atoms with Crippen molar-refractivity contribution in [2.24, 2.45) is 10.9 Å². The molecule has 3 N–H and O–H groups in total. The first-order valence-electron chi connectivity index (χ1n) is 7.48. The van der Waals surface area contributed by atoms with Gasteiger partial charge in [-0.3, -0.25) is 0 Å². The summed E-state index contributed by atoms with van der Waals surface area (Å²) in [5.41, 5.74) is 6.91. The number of benzene rings is 1. The zero-order chi connectivity index (χ0) is 15.3. The van der Waals surface area contributed by atoms with Crippen molar-refractivity contribution in [2.45, 2.75) is 25.7 Å². The zero-order valence-corrected chi connectivity index (χ0v) is 12.9. The largest absolute Gasteiger partial charge is 0.409 e. The fourth-order valence-corrected chi connectivity index (χ4v) is 2.19. The molecule has 0 aliphatic heterocycles. The van der Waals surface area contributed by atoms with E-state index < -0.39 is 0 Å².